The van der Waals surface area contributed by atoms with Crippen LogP contribution in [-0.4, -0.2) is 34.8 Å². The molecule has 4 aromatic rings. The first-order chi connectivity index (χ1) is 16.0. The molecule has 2 aromatic heterocycles. The van der Waals surface area contributed by atoms with E-state index in [9.17, 15) is 4.79 Å². The van der Waals surface area contributed by atoms with Gasteiger partial charge in [-0.3, -0.25) is 4.79 Å². The summed E-state index contributed by atoms with van der Waals surface area (Å²) in [6.45, 7) is 4.74. The fourth-order valence-electron chi connectivity index (χ4n) is 3.49. The Morgan fingerprint density at radius 2 is 1.85 bits per heavy atom. The maximum absolute atomic E-state index is 12.6. The van der Waals surface area contributed by atoms with Crippen molar-refractivity contribution >= 4 is 5.91 Å². The normalized spacial score (nSPS) is 10.8. The molecule has 2 aromatic carbocycles. The van der Waals surface area contributed by atoms with Crippen molar-refractivity contribution in [3.05, 3.63) is 71.4 Å². The standard InChI is InChI=1S/C25H26N4O4/c1-16-7-8-18(12-17(16)2)14-26-23(30)15-29-11-5-6-20(29)25-27-24(28-33-25)19-9-10-21(31-3)22(13-19)32-4/h5-13H,14-15H2,1-4H3,(H,26,30). The number of methoxy groups -OCH3 is 2. The van der Waals surface area contributed by atoms with Gasteiger partial charge in [-0.1, -0.05) is 23.4 Å². The average molecular weight is 447 g/mol. The predicted octanol–water partition coefficient (Wildman–Crippen LogP) is 4.16. The third-order valence-corrected chi connectivity index (χ3v) is 5.49. The zero-order chi connectivity index (χ0) is 23.4. The molecule has 1 amide bonds. The van der Waals surface area contributed by atoms with E-state index in [-0.39, 0.29) is 12.5 Å². The van der Waals surface area contributed by atoms with E-state index in [0.29, 0.717) is 35.5 Å². The van der Waals surface area contributed by atoms with Crippen molar-refractivity contribution in [1.82, 2.24) is 20.0 Å². The van der Waals surface area contributed by atoms with E-state index in [0.717, 1.165) is 11.1 Å². The minimum absolute atomic E-state index is 0.106. The molecule has 0 saturated carbocycles. The maximum atomic E-state index is 12.6. The van der Waals surface area contributed by atoms with Crippen molar-refractivity contribution in [3.63, 3.8) is 0 Å². The van der Waals surface area contributed by atoms with E-state index in [2.05, 4.69) is 41.4 Å². The van der Waals surface area contributed by atoms with Gasteiger partial charge in [0.05, 0.1) is 14.2 Å². The molecule has 2 heterocycles. The van der Waals surface area contributed by atoms with Crippen LogP contribution < -0.4 is 14.8 Å². The Morgan fingerprint density at radius 3 is 2.61 bits per heavy atom. The van der Waals surface area contributed by atoms with Crippen LogP contribution in [0.1, 0.15) is 16.7 Å². The summed E-state index contributed by atoms with van der Waals surface area (Å²) >= 11 is 0. The Hall–Kier alpha value is -4.07. The third kappa shape index (κ3) is 4.90. The molecule has 4 rings (SSSR count). The first-order valence-electron chi connectivity index (χ1n) is 10.5. The summed E-state index contributed by atoms with van der Waals surface area (Å²) in [7, 11) is 3.15. The van der Waals surface area contributed by atoms with Crippen molar-refractivity contribution in [3.8, 4) is 34.5 Å². The molecule has 0 aliphatic heterocycles. The van der Waals surface area contributed by atoms with E-state index in [4.69, 9.17) is 14.0 Å². The lowest BCUT2D eigenvalue weighted by molar-refractivity contribution is -0.121. The smallest absolute Gasteiger partial charge is 0.274 e. The summed E-state index contributed by atoms with van der Waals surface area (Å²) in [5, 5.41) is 7.05. The number of hydrogen-bond donors (Lipinski definition) is 1. The van der Waals surface area contributed by atoms with E-state index in [1.807, 2.05) is 30.5 Å². The molecule has 0 saturated heterocycles. The molecule has 0 atom stereocenters. The maximum Gasteiger partial charge on any atom is 0.274 e. The van der Waals surface area contributed by atoms with Gasteiger partial charge in [-0.2, -0.15) is 4.98 Å². The molecule has 0 radical (unpaired) electrons. The number of aryl methyl sites for hydroxylation is 2. The van der Waals surface area contributed by atoms with Crippen molar-refractivity contribution in [1.29, 1.82) is 0 Å². The first-order valence-corrected chi connectivity index (χ1v) is 10.5. The van der Waals surface area contributed by atoms with E-state index in [1.165, 1.54) is 11.1 Å². The van der Waals surface area contributed by atoms with Crippen molar-refractivity contribution in [2.24, 2.45) is 0 Å². The minimum atomic E-state index is -0.106. The topological polar surface area (TPSA) is 91.4 Å². The highest BCUT2D eigenvalue weighted by Crippen LogP contribution is 2.32. The van der Waals surface area contributed by atoms with Gasteiger partial charge in [-0.05, 0) is 60.9 Å². The number of carbonyl (C=O) groups is 1. The molecule has 0 aliphatic carbocycles. The van der Waals surface area contributed by atoms with Crippen LogP contribution in [0.4, 0.5) is 0 Å². The SMILES string of the molecule is COc1ccc(-c2noc(-c3cccn3CC(=O)NCc3ccc(C)c(C)c3)n2)cc1OC. The fraction of sp³-hybridized carbons (Fsp3) is 0.240. The number of ether oxygens (including phenoxy) is 2. The fourth-order valence-corrected chi connectivity index (χ4v) is 3.49. The summed E-state index contributed by atoms with van der Waals surface area (Å²) in [5.41, 5.74) is 4.89. The van der Waals surface area contributed by atoms with Gasteiger partial charge >= 0.3 is 0 Å². The molecule has 0 bridgehead atoms. The quantitative estimate of drug-likeness (QED) is 0.437. The largest absolute Gasteiger partial charge is 0.493 e. The minimum Gasteiger partial charge on any atom is -0.493 e. The number of hydrogen-bond acceptors (Lipinski definition) is 6. The van der Waals surface area contributed by atoms with Gasteiger partial charge in [0.15, 0.2) is 11.5 Å². The second-order valence-corrected chi connectivity index (χ2v) is 7.71. The highest BCUT2D eigenvalue weighted by Gasteiger charge is 2.17. The third-order valence-electron chi connectivity index (χ3n) is 5.49. The van der Waals surface area contributed by atoms with Crippen LogP contribution in [0.2, 0.25) is 0 Å². The molecule has 0 fully saturated rings. The Kier molecular flexibility index (Phi) is 6.44. The van der Waals surface area contributed by atoms with Gasteiger partial charge in [-0.15, -0.1) is 0 Å². The number of carbonyl (C=O) groups excluding carboxylic acids is 1. The number of rotatable bonds is 8. The lowest BCUT2D eigenvalue weighted by Crippen LogP contribution is -2.27. The average Bonchev–Trinajstić information content (AvgIpc) is 3.49. The van der Waals surface area contributed by atoms with Crippen molar-refractivity contribution in [2.75, 3.05) is 14.2 Å². The van der Waals surface area contributed by atoms with Gasteiger partial charge in [0.2, 0.25) is 11.7 Å². The van der Waals surface area contributed by atoms with Gasteiger partial charge in [0.1, 0.15) is 12.2 Å². The molecule has 1 N–H and O–H groups in total. The van der Waals surface area contributed by atoms with E-state index < -0.39 is 0 Å². The molecule has 0 unspecified atom stereocenters. The van der Waals surface area contributed by atoms with Gasteiger partial charge in [0.25, 0.3) is 5.89 Å². The van der Waals surface area contributed by atoms with Crippen molar-refractivity contribution in [2.45, 2.75) is 26.9 Å². The van der Waals surface area contributed by atoms with Gasteiger partial charge in [0, 0.05) is 18.3 Å². The Morgan fingerprint density at radius 1 is 1.03 bits per heavy atom. The van der Waals surface area contributed by atoms with Crippen LogP contribution in [0.25, 0.3) is 23.0 Å². The molecular weight excluding hydrogens is 420 g/mol. The van der Waals surface area contributed by atoms with E-state index in [1.54, 1.807) is 30.9 Å². The summed E-state index contributed by atoms with van der Waals surface area (Å²) in [6, 6.07) is 15.2. The Labute approximate surface area is 192 Å². The van der Waals surface area contributed by atoms with Crippen LogP contribution in [0.5, 0.6) is 11.5 Å². The number of benzene rings is 2. The monoisotopic (exact) mass is 446 g/mol. The number of amides is 1. The first kappa shape index (κ1) is 22.1. The summed E-state index contributed by atoms with van der Waals surface area (Å²) in [6.07, 6.45) is 1.81. The zero-order valence-corrected chi connectivity index (χ0v) is 19.1. The molecule has 170 valence electrons. The molecule has 0 spiro atoms. The molecule has 8 heteroatoms. The van der Waals surface area contributed by atoms with Gasteiger partial charge in [-0.25, -0.2) is 0 Å². The lowest BCUT2D eigenvalue weighted by atomic mass is 10.1. The van der Waals surface area contributed by atoms with E-state index >= 15 is 0 Å². The van der Waals surface area contributed by atoms with Crippen molar-refractivity contribution < 1.29 is 18.8 Å². The van der Waals surface area contributed by atoms with Gasteiger partial charge < -0.3 is 23.9 Å². The Bertz CT molecular complexity index is 1280. The summed E-state index contributed by atoms with van der Waals surface area (Å²) in [4.78, 5) is 17.1. The number of nitrogens with zero attached hydrogens (tertiary/aromatic N) is 3. The highest BCUT2D eigenvalue weighted by molar-refractivity contribution is 5.76. The van der Waals surface area contributed by atoms with Crippen LogP contribution in [0.3, 0.4) is 0 Å². The van der Waals surface area contributed by atoms with Crippen LogP contribution in [-0.2, 0) is 17.9 Å². The molecule has 0 aliphatic rings. The van der Waals surface area contributed by atoms with Crippen LogP contribution in [0, 0.1) is 13.8 Å². The molecule has 33 heavy (non-hydrogen) atoms. The second kappa shape index (κ2) is 9.60. The second-order valence-electron chi connectivity index (χ2n) is 7.71. The zero-order valence-electron chi connectivity index (χ0n) is 19.1. The summed E-state index contributed by atoms with van der Waals surface area (Å²) in [5.74, 6) is 1.82. The lowest BCUT2D eigenvalue weighted by Gasteiger charge is -2.09. The summed E-state index contributed by atoms with van der Waals surface area (Å²) < 4.78 is 17.9. The van der Waals surface area contributed by atoms with Crippen LogP contribution in [0.15, 0.2) is 59.3 Å². The molecular formula is C25H26N4O4. The Balaban J connectivity index is 1.46. The number of nitrogens with one attached hydrogen (secondary N) is 1. The predicted molar refractivity (Wildman–Crippen MR) is 124 cm³/mol. The van der Waals surface area contributed by atoms with Crippen LogP contribution >= 0.6 is 0 Å². The number of aromatic nitrogens is 3. The highest BCUT2D eigenvalue weighted by atomic mass is 16.5. The molecule has 8 nitrogen and oxygen atoms in total.